The van der Waals surface area contributed by atoms with Crippen LogP contribution in [0.2, 0.25) is 0 Å². The lowest BCUT2D eigenvalue weighted by molar-refractivity contribution is 0.669. The number of para-hydroxylation sites is 1. The number of amidine groups is 2. The lowest BCUT2D eigenvalue weighted by atomic mass is 9.97. The average molecular weight is 843 g/mol. The van der Waals surface area contributed by atoms with Crippen molar-refractivity contribution in [1.82, 2.24) is 9.88 Å². The molecule has 5 heteroatoms. The summed E-state index contributed by atoms with van der Waals surface area (Å²) in [5.74, 6) is 1.44. The second-order valence-corrected chi connectivity index (χ2v) is 17.4. The molecule has 1 aliphatic rings. The van der Waals surface area contributed by atoms with Crippen molar-refractivity contribution in [3.05, 3.63) is 235 Å². The Morgan fingerprint density at radius 1 is 0.394 bits per heavy atom. The molecule has 1 aliphatic heterocycles. The number of hydrogen-bond donors (Lipinski definition) is 1. The maximum Gasteiger partial charge on any atom is 0.159 e. The first-order chi connectivity index (χ1) is 32.7. The van der Waals surface area contributed by atoms with E-state index in [1.54, 1.807) is 0 Å². The van der Waals surface area contributed by atoms with E-state index in [1.165, 1.54) is 37.7 Å². The van der Waals surface area contributed by atoms with Crippen molar-refractivity contribution in [3.63, 3.8) is 0 Å². The van der Waals surface area contributed by atoms with E-state index < -0.39 is 6.17 Å². The van der Waals surface area contributed by atoms with Gasteiger partial charge in [0, 0.05) is 43.8 Å². The number of benzene rings is 11. The third-order valence-corrected chi connectivity index (χ3v) is 13.6. The second-order valence-electron chi connectivity index (χ2n) is 17.4. The molecular formula is C61H38N4O. The molecule has 0 bridgehead atoms. The Morgan fingerprint density at radius 3 is 1.68 bits per heavy atom. The molecule has 66 heavy (non-hydrogen) atoms. The van der Waals surface area contributed by atoms with Crippen LogP contribution in [0, 0.1) is 0 Å². The number of aromatic nitrogens is 1. The Kier molecular flexibility index (Phi) is 7.98. The third-order valence-electron chi connectivity index (χ3n) is 13.6. The van der Waals surface area contributed by atoms with Crippen molar-refractivity contribution < 1.29 is 4.42 Å². The zero-order valence-corrected chi connectivity index (χ0v) is 35.6. The molecule has 13 aromatic rings. The van der Waals surface area contributed by atoms with Crippen LogP contribution in [0.5, 0.6) is 0 Å². The average Bonchev–Trinajstić information content (AvgIpc) is 3.90. The van der Waals surface area contributed by atoms with Gasteiger partial charge in [0.05, 0.1) is 16.7 Å². The molecule has 0 aliphatic carbocycles. The van der Waals surface area contributed by atoms with Gasteiger partial charge in [-0.05, 0) is 109 Å². The standard InChI is InChI=1S/C61H38N4O/c1-3-17-41-34-55-52(31-39(41)15-1)53-32-40-16-2-4-18-42(40)35-56(53)65(55)54-30-28-44(33-51(54)43-27-29-48-47-23-9-10-26-57(47)66-58(48)36-43)59-62-60(49-24-11-19-37-13-5-7-21-45(37)49)64-61(63-59)50-25-12-20-38-14-6-8-22-46(38)50/h1-36,60H,(H,62,63,64). The Bertz CT molecular complexity index is 4120. The SMILES string of the molecule is c1ccc2cc3c(cc2c1)c1cc2ccccc2cc1n3-c1ccc(C2=NC(c3cccc4ccccc34)NC(c3cccc4ccccc34)=N2)cc1-c1ccc2c(c1)oc1ccccc12. The Labute approximate surface area is 379 Å². The predicted octanol–water partition coefficient (Wildman–Crippen LogP) is 15.5. The maximum absolute atomic E-state index is 6.56. The number of rotatable bonds is 5. The van der Waals surface area contributed by atoms with Crippen molar-refractivity contribution in [2.45, 2.75) is 6.17 Å². The summed E-state index contributed by atoms with van der Waals surface area (Å²) in [5, 5.41) is 17.8. The molecule has 5 nitrogen and oxygen atoms in total. The van der Waals surface area contributed by atoms with Crippen LogP contribution in [0.1, 0.15) is 22.9 Å². The summed E-state index contributed by atoms with van der Waals surface area (Å²) in [5.41, 5.74) is 10.2. The van der Waals surface area contributed by atoms with Crippen LogP contribution < -0.4 is 5.32 Å². The molecule has 308 valence electrons. The van der Waals surface area contributed by atoms with Gasteiger partial charge in [-0.25, -0.2) is 9.98 Å². The summed E-state index contributed by atoms with van der Waals surface area (Å²) in [7, 11) is 0. The molecule has 14 rings (SSSR count). The van der Waals surface area contributed by atoms with Gasteiger partial charge in [-0.1, -0.05) is 158 Å². The second kappa shape index (κ2) is 14.4. The molecule has 0 amide bonds. The summed E-state index contributed by atoms with van der Waals surface area (Å²) >= 11 is 0. The number of aliphatic imine (C=N–C) groups is 2. The van der Waals surface area contributed by atoms with Gasteiger partial charge in [-0.15, -0.1) is 0 Å². The number of nitrogens with one attached hydrogen (secondary N) is 1. The monoisotopic (exact) mass is 842 g/mol. The first kappa shape index (κ1) is 36.7. The van der Waals surface area contributed by atoms with Gasteiger partial charge in [0.1, 0.15) is 23.2 Å². The van der Waals surface area contributed by atoms with E-state index in [1.807, 2.05) is 12.1 Å². The fourth-order valence-electron chi connectivity index (χ4n) is 10.4. The number of nitrogens with zero attached hydrogens (tertiary/aromatic N) is 3. The molecule has 1 atom stereocenters. The summed E-state index contributed by atoms with van der Waals surface area (Å²) < 4.78 is 9.02. The molecular weight excluding hydrogens is 805 g/mol. The van der Waals surface area contributed by atoms with Crippen LogP contribution in [0.25, 0.3) is 104 Å². The van der Waals surface area contributed by atoms with E-state index in [0.717, 1.165) is 88.5 Å². The molecule has 0 saturated carbocycles. The van der Waals surface area contributed by atoms with Crippen LogP contribution in [0.15, 0.2) is 233 Å². The van der Waals surface area contributed by atoms with Gasteiger partial charge >= 0.3 is 0 Å². The van der Waals surface area contributed by atoms with Gasteiger partial charge in [-0.3, -0.25) is 0 Å². The minimum Gasteiger partial charge on any atom is -0.456 e. The van der Waals surface area contributed by atoms with E-state index in [-0.39, 0.29) is 0 Å². The van der Waals surface area contributed by atoms with E-state index in [9.17, 15) is 0 Å². The van der Waals surface area contributed by atoms with Crippen LogP contribution in [0.4, 0.5) is 0 Å². The van der Waals surface area contributed by atoms with Gasteiger partial charge in [-0.2, -0.15) is 0 Å². The third kappa shape index (κ3) is 5.73. The van der Waals surface area contributed by atoms with Gasteiger partial charge in [0.2, 0.25) is 0 Å². The predicted molar refractivity (Wildman–Crippen MR) is 275 cm³/mol. The summed E-state index contributed by atoms with van der Waals surface area (Å²) in [6.07, 6.45) is -0.397. The molecule has 0 spiro atoms. The number of furan rings is 1. The fraction of sp³-hybridized carbons (Fsp3) is 0.0164. The van der Waals surface area contributed by atoms with Crippen molar-refractivity contribution in [2.75, 3.05) is 0 Å². The number of fused-ring (bicyclic) bond motifs is 10. The smallest absolute Gasteiger partial charge is 0.159 e. The fourth-order valence-corrected chi connectivity index (χ4v) is 10.4. The molecule has 1 N–H and O–H groups in total. The summed E-state index contributed by atoms with van der Waals surface area (Å²) in [6.45, 7) is 0. The molecule has 0 fully saturated rings. The van der Waals surface area contributed by atoms with E-state index in [0.29, 0.717) is 5.84 Å². The molecule has 2 aromatic heterocycles. The van der Waals surface area contributed by atoms with Gasteiger partial charge in [0.25, 0.3) is 0 Å². The van der Waals surface area contributed by atoms with Crippen molar-refractivity contribution in [3.8, 4) is 16.8 Å². The highest BCUT2D eigenvalue weighted by Crippen LogP contribution is 2.42. The van der Waals surface area contributed by atoms with E-state index >= 15 is 0 Å². The summed E-state index contributed by atoms with van der Waals surface area (Å²) in [4.78, 5) is 10.9. The van der Waals surface area contributed by atoms with Crippen molar-refractivity contribution >= 4 is 98.5 Å². The van der Waals surface area contributed by atoms with Crippen molar-refractivity contribution in [1.29, 1.82) is 0 Å². The Balaban J connectivity index is 1.05. The molecule has 11 aromatic carbocycles. The van der Waals surface area contributed by atoms with Crippen LogP contribution in [-0.2, 0) is 0 Å². The van der Waals surface area contributed by atoms with Gasteiger partial charge < -0.3 is 14.3 Å². The Morgan fingerprint density at radius 2 is 0.955 bits per heavy atom. The molecule has 1 unspecified atom stereocenters. The summed E-state index contributed by atoms with van der Waals surface area (Å²) in [6, 6.07) is 78.3. The topological polar surface area (TPSA) is 54.8 Å². The highest BCUT2D eigenvalue weighted by Gasteiger charge is 2.25. The molecule has 0 radical (unpaired) electrons. The lowest BCUT2D eigenvalue weighted by Crippen LogP contribution is -2.33. The van der Waals surface area contributed by atoms with Gasteiger partial charge in [0.15, 0.2) is 5.84 Å². The first-order valence-electron chi connectivity index (χ1n) is 22.5. The lowest BCUT2D eigenvalue weighted by Gasteiger charge is -2.25. The zero-order valence-electron chi connectivity index (χ0n) is 35.6. The van der Waals surface area contributed by atoms with Crippen LogP contribution in [-0.4, -0.2) is 16.2 Å². The Hall–Kier alpha value is -8.80. The molecule has 0 saturated heterocycles. The number of hydrogen-bond acceptors (Lipinski definition) is 4. The maximum atomic E-state index is 6.56. The van der Waals surface area contributed by atoms with Crippen molar-refractivity contribution in [2.24, 2.45) is 9.98 Å². The highest BCUT2D eigenvalue weighted by molar-refractivity contribution is 6.19. The quantitative estimate of drug-likeness (QED) is 0.188. The largest absolute Gasteiger partial charge is 0.456 e. The normalized spacial score (nSPS) is 14.2. The van der Waals surface area contributed by atoms with Crippen LogP contribution >= 0.6 is 0 Å². The highest BCUT2D eigenvalue weighted by atomic mass is 16.3. The molecule has 3 heterocycles. The minimum absolute atomic E-state index is 0.397. The van der Waals surface area contributed by atoms with E-state index in [2.05, 4.69) is 216 Å². The van der Waals surface area contributed by atoms with Crippen LogP contribution in [0.3, 0.4) is 0 Å². The first-order valence-corrected chi connectivity index (χ1v) is 22.5. The zero-order chi connectivity index (χ0) is 43.3. The minimum atomic E-state index is -0.397. The van der Waals surface area contributed by atoms with E-state index in [4.69, 9.17) is 14.4 Å².